The summed E-state index contributed by atoms with van der Waals surface area (Å²) in [5.74, 6) is 0.536. The van der Waals surface area contributed by atoms with Crippen LogP contribution in [0, 0.1) is 0 Å². The van der Waals surface area contributed by atoms with Gasteiger partial charge in [0.05, 0.1) is 0 Å². The highest BCUT2D eigenvalue weighted by Gasteiger charge is 1.96. The maximum absolute atomic E-state index is 5.72. The summed E-state index contributed by atoms with van der Waals surface area (Å²) in [7, 11) is 0. The second-order valence-electron chi connectivity index (χ2n) is 2.84. The molecule has 1 rings (SSSR count). The van der Waals surface area contributed by atoms with Gasteiger partial charge in [0.1, 0.15) is 11.5 Å². The number of hydrogen-bond acceptors (Lipinski definition) is 2. The monoisotopic (exact) mass is 177 g/mol. The fraction of sp³-hybridized carbons (Fsp3) is 0.400. The van der Waals surface area contributed by atoms with Crippen molar-refractivity contribution in [3.63, 3.8) is 0 Å². The normalized spacial score (nSPS) is 11.6. The Hall–Kier alpha value is -1.38. The van der Waals surface area contributed by atoms with Crippen molar-refractivity contribution in [2.75, 3.05) is 6.54 Å². The van der Waals surface area contributed by atoms with Crippen molar-refractivity contribution in [3.8, 4) is 0 Å². The van der Waals surface area contributed by atoms with Crippen LogP contribution in [0.3, 0.4) is 0 Å². The van der Waals surface area contributed by atoms with E-state index in [2.05, 4.69) is 16.9 Å². The second kappa shape index (κ2) is 5.30. The molecular formula is C10H15N3. The number of hydrogen-bond donors (Lipinski definition) is 1. The third-order valence-corrected chi connectivity index (χ3v) is 1.72. The molecule has 0 aliphatic heterocycles. The Morgan fingerprint density at radius 3 is 3.00 bits per heavy atom. The van der Waals surface area contributed by atoms with Crippen molar-refractivity contribution >= 4 is 5.84 Å². The van der Waals surface area contributed by atoms with Crippen LogP contribution in [0.5, 0.6) is 0 Å². The van der Waals surface area contributed by atoms with Crippen LogP contribution in [0.15, 0.2) is 29.4 Å². The molecule has 0 aliphatic carbocycles. The molecule has 1 aromatic rings. The maximum Gasteiger partial charge on any atom is 0.144 e. The van der Waals surface area contributed by atoms with E-state index in [1.54, 1.807) is 6.20 Å². The Morgan fingerprint density at radius 2 is 2.38 bits per heavy atom. The van der Waals surface area contributed by atoms with Gasteiger partial charge in [-0.3, -0.25) is 9.98 Å². The number of aromatic nitrogens is 1. The molecule has 70 valence electrons. The first-order valence-corrected chi connectivity index (χ1v) is 4.56. The van der Waals surface area contributed by atoms with E-state index < -0.39 is 0 Å². The fourth-order valence-electron chi connectivity index (χ4n) is 0.953. The molecular weight excluding hydrogens is 162 g/mol. The van der Waals surface area contributed by atoms with E-state index in [-0.39, 0.29) is 0 Å². The van der Waals surface area contributed by atoms with Crippen LogP contribution in [-0.2, 0) is 0 Å². The summed E-state index contributed by atoms with van der Waals surface area (Å²) in [6.45, 7) is 2.92. The predicted octanol–water partition coefficient (Wildman–Crippen LogP) is 1.59. The molecule has 0 radical (unpaired) electrons. The van der Waals surface area contributed by atoms with E-state index in [1.165, 1.54) is 0 Å². The Kier molecular flexibility index (Phi) is 3.96. The molecule has 0 amide bonds. The van der Waals surface area contributed by atoms with Gasteiger partial charge in [-0.25, -0.2) is 0 Å². The summed E-state index contributed by atoms with van der Waals surface area (Å²) in [5.41, 5.74) is 6.49. The SMILES string of the molecule is CCCCN=C(N)c1ccccn1. The highest BCUT2D eigenvalue weighted by Crippen LogP contribution is 1.94. The lowest BCUT2D eigenvalue weighted by Gasteiger charge is -1.98. The Labute approximate surface area is 78.7 Å². The molecule has 0 fully saturated rings. The summed E-state index contributed by atoms with van der Waals surface area (Å²) in [6.07, 6.45) is 3.93. The molecule has 0 spiro atoms. The molecule has 1 aromatic heterocycles. The van der Waals surface area contributed by atoms with Crippen molar-refractivity contribution in [1.29, 1.82) is 0 Å². The zero-order chi connectivity index (χ0) is 9.52. The van der Waals surface area contributed by atoms with Gasteiger partial charge in [0.25, 0.3) is 0 Å². The van der Waals surface area contributed by atoms with Crippen LogP contribution >= 0.6 is 0 Å². The van der Waals surface area contributed by atoms with Crippen LogP contribution in [0.25, 0.3) is 0 Å². The standard InChI is InChI=1S/C10H15N3/c1-2-3-7-13-10(11)9-6-4-5-8-12-9/h4-6,8H,2-3,7H2,1H3,(H2,11,13). The van der Waals surface area contributed by atoms with E-state index in [0.717, 1.165) is 25.1 Å². The van der Waals surface area contributed by atoms with Gasteiger partial charge in [-0.1, -0.05) is 19.4 Å². The van der Waals surface area contributed by atoms with Gasteiger partial charge in [0.2, 0.25) is 0 Å². The summed E-state index contributed by atoms with van der Waals surface area (Å²) in [5, 5.41) is 0. The molecule has 0 bridgehead atoms. The molecule has 0 saturated carbocycles. The van der Waals surface area contributed by atoms with Crippen LogP contribution < -0.4 is 5.73 Å². The third kappa shape index (κ3) is 3.23. The van der Waals surface area contributed by atoms with Crippen molar-refractivity contribution in [3.05, 3.63) is 30.1 Å². The predicted molar refractivity (Wildman–Crippen MR) is 54.7 cm³/mol. The van der Waals surface area contributed by atoms with Crippen molar-refractivity contribution < 1.29 is 0 Å². The Balaban J connectivity index is 2.57. The molecule has 0 aliphatic rings. The average Bonchev–Trinajstić information content (AvgIpc) is 2.19. The Bertz CT molecular complexity index is 267. The number of nitrogens with two attached hydrogens (primary N) is 1. The quantitative estimate of drug-likeness (QED) is 0.431. The topological polar surface area (TPSA) is 51.3 Å². The van der Waals surface area contributed by atoms with E-state index >= 15 is 0 Å². The summed E-state index contributed by atoms with van der Waals surface area (Å²) in [6, 6.07) is 5.64. The number of nitrogens with zero attached hydrogens (tertiary/aromatic N) is 2. The lowest BCUT2D eigenvalue weighted by molar-refractivity contribution is 0.807. The summed E-state index contributed by atoms with van der Waals surface area (Å²) < 4.78 is 0. The van der Waals surface area contributed by atoms with Crippen molar-refractivity contribution in [1.82, 2.24) is 4.98 Å². The number of aliphatic imine (C=N–C) groups is 1. The molecule has 13 heavy (non-hydrogen) atoms. The van der Waals surface area contributed by atoms with Gasteiger partial charge in [-0.15, -0.1) is 0 Å². The summed E-state index contributed by atoms with van der Waals surface area (Å²) >= 11 is 0. The molecule has 0 atom stereocenters. The molecule has 1 heterocycles. The smallest absolute Gasteiger partial charge is 0.144 e. The fourth-order valence-corrected chi connectivity index (χ4v) is 0.953. The van der Waals surface area contributed by atoms with Gasteiger partial charge in [-0.2, -0.15) is 0 Å². The van der Waals surface area contributed by atoms with Gasteiger partial charge in [0, 0.05) is 12.7 Å². The lowest BCUT2D eigenvalue weighted by atomic mass is 10.3. The highest BCUT2D eigenvalue weighted by atomic mass is 14.9. The first-order chi connectivity index (χ1) is 6.34. The summed E-state index contributed by atoms with van der Waals surface area (Å²) in [4.78, 5) is 8.32. The van der Waals surface area contributed by atoms with Crippen molar-refractivity contribution in [2.45, 2.75) is 19.8 Å². The van der Waals surface area contributed by atoms with Gasteiger partial charge in [0.15, 0.2) is 0 Å². The molecule has 0 saturated heterocycles. The van der Waals surface area contributed by atoms with E-state index in [0.29, 0.717) is 5.84 Å². The minimum atomic E-state index is 0.536. The second-order valence-corrected chi connectivity index (χ2v) is 2.84. The average molecular weight is 177 g/mol. The van der Waals surface area contributed by atoms with E-state index in [4.69, 9.17) is 5.73 Å². The van der Waals surface area contributed by atoms with Crippen LogP contribution in [0.4, 0.5) is 0 Å². The molecule has 3 nitrogen and oxygen atoms in total. The van der Waals surface area contributed by atoms with Gasteiger partial charge < -0.3 is 5.73 Å². The lowest BCUT2D eigenvalue weighted by Crippen LogP contribution is -2.15. The first kappa shape index (κ1) is 9.71. The Morgan fingerprint density at radius 1 is 1.54 bits per heavy atom. The minimum absolute atomic E-state index is 0.536. The first-order valence-electron chi connectivity index (χ1n) is 4.56. The van der Waals surface area contributed by atoms with E-state index in [1.807, 2.05) is 18.2 Å². The van der Waals surface area contributed by atoms with Crippen LogP contribution in [0.2, 0.25) is 0 Å². The van der Waals surface area contributed by atoms with Gasteiger partial charge in [-0.05, 0) is 18.6 Å². The minimum Gasteiger partial charge on any atom is -0.382 e. The third-order valence-electron chi connectivity index (χ3n) is 1.72. The number of amidine groups is 1. The molecule has 3 heteroatoms. The highest BCUT2D eigenvalue weighted by molar-refractivity contribution is 5.95. The maximum atomic E-state index is 5.72. The molecule has 0 unspecified atom stereocenters. The number of pyridine rings is 1. The number of rotatable bonds is 4. The zero-order valence-corrected chi connectivity index (χ0v) is 7.90. The number of unbranched alkanes of at least 4 members (excludes halogenated alkanes) is 1. The van der Waals surface area contributed by atoms with E-state index in [9.17, 15) is 0 Å². The molecule has 0 aromatic carbocycles. The van der Waals surface area contributed by atoms with Crippen LogP contribution in [0.1, 0.15) is 25.5 Å². The van der Waals surface area contributed by atoms with Crippen LogP contribution in [-0.4, -0.2) is 17.4 Å². The zero-order valence-electron chi connectivity index (χ0n) is 7.90. The van der Waals surface area contributed by atoms with Crippen molar-refractivity contribution in [2.24, 2.45) is 10.7 Å². The largest absolute Gasteiger partial charge is 0.382 e. The van der Waals surface area contributed by atoms with Gasteiger partial charge >= 0.3 is 0 Å². The molecule has 2 N–H and O–H groups in total.